The van der Waals surface area contributed by atoms with Gasteiger partial charge in [-0.1, -0.05) is 24.3 Å². The molecule has 41 heavy (non-hydrogen) atoms. The maximum absolute atomic E-state index is 15.7. The summed E-state index contributed by atoms with van der Waals surface area (Å²) in [5.74, 6) is -0.0298. The number of methoxy groups -OCH3 is 2. The van der Waals surface area contributed by atoms with Crippen molar-refractivity contribution in [2.24, 2.45) is 11.8 Å². The van der Waals surface area contributed by atoms with E-state index in [0.29, 0.717) is 61.0 Å². The number of benzene rings is 2. The summed E-state index contributed by atoms with van der Waals surface area (Å²) in [6, 6.07) is 12.3. The smallest absolute Gasteiger partial charge is 0.409 e. The zero-order chi connectivity index (χ0) is 29.6. The predicted molar refractivity (Wildman–Crippen MR) is 156 cm³/mol. The molecule has 1 aliphatic heterocycles. The Morgan fingerprint density at radius 2 is 1.95 bits per heavy atom. The molecule has 2 N–H and O–H groups in total. The van der Waals surface area contributed by atoms with Gasteiger partial charge in [-0.15, -0.1) is 0 Å². The second-order valence-corrected chi connectivity index (χ2v) is 11.4. The van der Waals surface area contributed by atoms with Crippen LogP contribution in [-0.2, 0) is 15.1 Å². The molecule has 0 spiro atoms. The van der Waals surface area contributed by atoms with Crippen LogP contribution in [0.15, 0.2) is 42.5 Å². The Morgan fingerprint density at radius 1 is 1.17 bits per heavy atom. The largest absolute Gasteiger partial charge is 0.497 e. The summed E-state index contributed by atoms with van der Waals surface area (Å²) >= 11 is 0. The first-order valence-electron chi connectivity index (χ1n) is 14.6. The Kier molecular flexibility index (Phi) is 10.3. The van der Waals surface area contributed by atoms with Gasteiger partial charge in [0, 0.05) is 50.1 Å². The molecule has 4 rings (SSSR count). The minimum absolute atomic E-state index is 0.0190. The van der Waals surface area contributed by atoms with Gasteiger partial charge < -0.3 is 29.7 Å². The average Bonchev–Trinajstić information content (AvgIpc) is 3.49. The molecular weight excluding hydrogens is 525 g/mol. The lowest BCUT2D eigenvalue weighted by atomic mass is 9.72. The number of likely N-dealkylation sites (tertiary alicyclic amines) is 1. The molecule has 8 nitrogen and oxygen atoms in total. The van der Waals surface area contributed by atoms with Crippen LogP contribution in [0, 0.1) is 17.7 Å². The minimum atomic E-state index is -1.44. The van der Waals surface area contributed by atoms with E-state index in [1.54, 1.807) is 44.5 Å². The third kappa shape index (κ3) is 6.84. The quantitative estimate of drug-likeness (QED) is 0.428. The molecule has 0 aromatic heterocycles. The lowest BCUT2D eigenvalue weighted by molar-refractivity contribution is -0.141. The molecule has 2 amide bonds. The lowest BCUT2D eigenvalue weighted by Gasteiger charge is -2.44. The van der Waals surface area contributed by atoms with Crippen molar-refractivity contribution in [3.8, 4) is 16.9 Å². The van der Waals surface area contributed by atoms with Gasteiger partial charge in [-0.2, -0.15) is 0 Å². The van der Waals surface area contributed by atoms with E-state index in [-0.39, 0.29) is 24.2 Å². The molecule has 0 unspecified atom stereocenters. The van der Waals surface area contributed by atoms with E-state index in [9.17, 15) is 14.7 Å². The first-order valence-corrected chi connectivity index (χ1v) is 14.6. The normalized spacial score (nSPS) is 22.2. The van der Waals surface area contributed by atoms with E-state index in [4.69, 9.17) is 9.47 Å². The molecular formula is C32H44FN3O5. The standard InChI is InChI=1S/C32H44FN3O5/c1-34-25-15-14-23(19-25)30(37)36-18-7-10-24(21-36)32(39,16-8-17-35(2)31(38)41-4)27-12-6-13-28(33)29(27)22-9-5-11-26(20-22)40-3/h5-6,9,11-13,20,23-25,34,39H,7-8,10,14-19,21H2,1-4H3/t23-,24-,25+,32+/m1/s1. The van der Waals surface area contributed by atoms with E-state index < -0.39 is 17.5 Å². The number of halogens is 1. The number of nitrogens with zero attached hydrogens (tertiary/aromatic N) is 2. The van der Waals surface area contributed by atoms with Crippen molar-refractivity contribution >= 4 is 12.0 Å². The molecule has 2 fully saturated rings. The predicted octanol–water partition coefficient (Wildman–Crippen LogP) is 4.79. The highest BCUT2D eigenvalue weighted by Crippen LogP contribution is 2.45. The second kappa shape index (κ2) is 13.7. The van der Waals surface area contributed by atoms with E-state index in [2.05, 4.69) is 5.32 Å². The van der Waals surface area contributed by atoms with Crippen molar-refractivity contribution in [2.75, 3.05) is 47.9 Å². The first kappa shape index (κ1) is 30.8. The van der Waals surface area contributed by atoms with Gasteiger partial charge in [-0.05, 0) is 81.3 Å². The number of aliphatic hydroxyl groups is 1. The molecule has 0 bridgehead atoms. The zero-order valence-corrected chi connectivity index (χ0v) is 24.7. The molecule has 2 aliphatic rings. The van der Waals surface area contributed by atoms with Gasteiger partial charge in [0.05, 0.1) is 19.8 Å². The number of amides is 2. The van der Waals surface area contributed by atoms with Gasteiger partial charge in [0.15, 0.2) is 0 Å². The van der Waals surface area contributed by atoms with Crippen LogP contribution in [0.3, 0.4) is 0 Å². The summed E-state index contributed by atoms with van der Waals surface area (Å²) in [6.45, 7) is 1.42. The van der Waals surface area contributed by atoms with Crippen molar-refractivity contribution in [1.29, 1.82) is 0 Å². The average molecular weight is 570 g/mol. The molecule has 1 heterocycles. The third-order valence-corrected chi connectivity index (χ3v) is 8.97. The third-order valence-electron chi connectivity index (χ3n) is 8.97. The number of rotatable bonds is 10. The maximum atomic E-state index is 15.7. The minimum Gasteiger partial charge on any atom is -0.497 e. The van der Waals surface area contributed by atoms with Crippen LogP contribution in [0.1, 0.15) is 50.5 Å². The van der Waals surface area contributed by atoms with Crippen LogP contribution in [0.2, 0.25) is 0 Å². The van der Waals surface area contributed by atoms with E-state index in [1.165, 1.54) is 18.1 Å². The number of carbonyl (C=O) groups is 2. The number of nitrogens with one attached hydrogen (secondary N) is 1. The number of hydrogen-bond acceptors (Lipinski definition) is 6. The summed E-state index contributed by atoms with van der Waals surface area (Å²) in [4.78, 5) is 29.0. The molecule has 0 radical (unpaired) electrons. The second-order valence-electron chi connectivity index (χ2n) is 11.4. The van der Waals surface area contributed by atoms with Crippen LogP contribution < -0.4 is 10.1 Å². The highest BCUT2D eigenvalue weighted by Gasteiger charge is 2.44. The summed E-state index contributed by atoms with van der Waals surface area (Å²) < 4.78 is 25.9. The highest BCUT2D eigenvalue weighted by molar-refractivity contribution is 5.79. The number of piperidine rings is 1. The van der Waals surface area contributed by atoms with Crippen molar-refractivity contribution in [3.63, 3.8) is 0 Å². The Morgan fingerprint density at radius 3 is 2.66 bits per heavy atom. The van der Waals surface area contributed by atoms with Crippen LogP contribution in [0.5, 0.6) is 5.75 Å². The van der Waals surface area contributed by atoms with E-state index in [1.807, 2.05) is 18.0 Å². The Labute approximate surface area is 242 Å². The molecule has 9 heteroatoms. The van der Waals surface area contributed by atoms with Crippen molar-refractivity contribution in [3.05, 3.63) is 53.8 Å². The molecule has 2 aromatic carbocycles. The fourth-order valence-electron chi connectivity index (χ4n) is 6.64. The monoisotopic (exact) mass is 569 g/mol. The van der Waals surface area contributed by atoms with Gasteiger partial charge in [-0.25, -0.2) is 9.18 Å². The summed E-state index contributed by atoms with van der Waals surface area (Å²) in [6.07, 6.45) is 4.42. The number of hydrogen-bond donors (Lipinski definition) is 2. The van der Waals surface area contributed by atoms with Gasteiger partial charge in [0.1, 0.15) is 11.6 Å². The molecule has 224 valence electrons. The van der Waals surface area contributed by atoms with Crippen molar-refractivity contribution in [2.45, 2.75) is 56.6 Å². The summed E-state index contributed by atoms with van der Waals surface area (Å²) in [7, 11) is 6.48. The van der Waals surface area contributed by atoms with Crippen LogP contribution in [-0.4, -0.2) is 80.9 Å². The number of carbonyl (C=O) groups excluding carboxylic acids is 2. The van der Waals surface area contributed by atoms with E-state index >= 15 is 4.39 Å². The van der Waals surface area contributed by atoms with Crippen LogP contribution >= 0.6 is 0 Å². The lowest BCUT2D eigenvalue weighted by Crippen LogP contribution is -2.50. The first-order chi connectivity index (χ1) is 19.7. The van der Waals surface area contributed by atoms with Gasteiger partial charge in [0.25, 0.3) is 0 Å². The molecule has 1 aliphatic carbocycles. The molecule has 1 saturated carbocycles. The zero-order valence-electron chi connectivity index (χ0n) is 24.7. The molecule has 1 saturated heterocycles. The molecule has 4 atom stereocenters. The fraction of sp³-hybridized carbons (Fsp3) is 0.562. The summed E-state index contributed by atoms with van der Waals surface area (Å²) in [5, 5.41) is 16.0. The van der Waals surface area contributed by atoms with Gasteiger partial charge in [0.2, 0.25) is 5.91 Å². The van der Waals surface area contributed by atoms with Crippen molar-refractivity contribution < 1.29 is 28.6 Å². The van der Waals surface area contributed by atoms with Gasteiger partial charge in [-0.3, -0.25) is 4.79 Å². The Balaban J connectivity index is 1.69. The van der Waals surface area contributed by atoms with Gasteiger partial charge >= 0.3 is 6.09 Å². The SMILES string of the molecule is CN[C@H]1CC[C@@H](C(=O)N2CCC[C@@H]([C@@](O)(CCCN(C)C(=O)OC)c3cccc(F)c3-c3cccc(OC)c3)C2)C1. The maximum Gasteiger partial charge on any atom is 0.409 e. The van der Waals surface area contributed by atoms with Crippen LogP contribution in [0.25, 0.3) is 11.1 Å². The highest BCUT2D eigenvalue weighted by atomic mass is 19.1. The van der Waals surface area contributed by atoms with Crippen LogP contribution in [0.4, 0.5) is 9.18 Å². The van der Waals surface area contributed by atoms with E-state index in [0.717, 1.165) is 25.7 Å². The van der Waals surface area contributed by atoms with Crippen molar-refractivity contribution in [1.82, 2.24) is 15.1 Å². The summed E-state index contributed by atoms with van der Waals surface area (Å²) in [5.41, 5.74) is -0.0249. The Hall–Kier alpha value is -3.17. The fourth-order valence-corrected chi connectivity index (χ4v) is 6.64. The topological polar surface area (TPSA) is 91.3 Å². The Bertz CT molecular complexity index is 1210. The molecule has 2 aromatic rings. The number of ether oxygens (including phenoxy) is 2.